The lowest BCUT2D eigenvalue weighted by molar-refractivity contribution is -0.217. The van der Waals surface area contributed by atoms with Gasteiger partial charge in [-0.15, -0.1) is 0 Å². The number of methoxy groups -OCH3 is 1. The number of esters is 1. The Morgan fingerprint density at radius 3 is 2.72 bits per heavy atom. The van der Waals surface area contributed by atoms with Gasteiger partial charge in [-0.05, 0) is 17.7 Å². The summed E-state index contributed by atoms with van der Waals surface area (Å²) in [7, 11) is 1.47. The molecule has 1 aromatic rings. The summed E-state index contributed by atoms with van der Waals surface area (Å²) in [4.78, 5) is 26.6. The first-order valence-electron chi connectivity index (χ1n) is 7.77. The van der Waals surface area contributed by atoms with Gasteiger partial charge in [0.05, 0.1) is 18.2 Å². The van der Waals surface area contributed by atoms with E-state index in [0.717, 1.165) is 0 Å². The van der Waals surface area contributed by atoms with Gasteiger partial charge in [-0.25, -0.2) is 4.79 Å². The SMILES string of the molecule is CO[C@H]1C[C@@H](NC(C)=O)[C@@H](OC(=O)c2ccccc2)[C@@H](CN=[N+]=[N-])O1. The monoisotopic (exact) mass is 348 g/mol. The van der Waals surface area contributed by atoms with E-state index in [4.69, 9.17) is 19.7 Å². The smallest absolute Gasteiger partial charge is 0.338 e. The molecule has 25 heavy (non-hydrogen) atoms. The van der Waals surface area contributed by atoms with Crippen molar-refractivity contribution in [2.75, 3.05) is 13.7 Å². The minimum absolute atomic E-state index is 0.0564. The third-order valence-corrected chi connectivity index (χ3v) is 3.76. The Morgan fingerprint density at radius 2 is 2.12 bits per heavy atom. The highest BCUT2D eigenvalue weighted by Gasteiger charge is 2.41. The third kappa shape index (κ3) is 5.18. The number of nitrogens with one attached hydrogen (secondary N) is 1. The number of carbonyl (C=O) groups is 2. The molecule has 134 valence electrons. The molecule has 4 atom stereocenters. The van der Waals surface area contributed by atoms with Gasteiger partial charge in [0.1, 0.15) is 12.2 Å². The van der Waals surface area contributed by atoms with Crippen LogP contribution in [0.15, 0.2) is 35.4 Å². The number of hydrogen-bond acceptors (Lipinski definition) is 6. The van der Waals surface area contributed by atoms with Crippen molar-refractivity contribution >= 4 is 11.9 Å². The summed E-state index contributed by atoms with van der Waals surface area (Å²) in [5.41, 5.74) is 8.95. The van der Waals surface area contributed by atoms with E-state index in [2.05, 4.69) is 15.3 Å². The van der Waals surface area contributed by atoms with Crippen molar-refractivity contribution in [2.24, 2.45) is 5.11 Å². The lowest BCUT2D eigenvalue weighted by Crippen LogP contribution is -2.58. The normalized spacial score (nSPS) is 25.5. The summed E-state index contributed by atoms with van der Waals surface area (Å²) >= 11 is 0. The van der Waals surface area contributed by atoms with Crippen LogP contribution in [0.5, 0.6) is 0 Å². The van der Waals surface area contributed by atoms with E-state index >= 15 is 0 Å². The highest BCUT2D eigenvalue weighted by atomic mass is 16.7. The van der Waals surface area contributed by atoms with Gasteiger partial charge in [0.25, 0.3) is 0 Å². The van der Waals surface area contributed by atoms with Crippen LogP contribution in [-0.2, 0) is 19.0 Å². The molecule has 1 aliphatic rings. The number of amides is 1. The zero-order valence-electron chi connectivity index (χ0n) is 14.0. The average molecular weight is 348 g/mol. The molecule has 1 aliphatic heterocycles. The maximum atomic E-state index is 12.4. The van der Waals surface area contributed by atoms with Gasteiger partial charge in [-0.1, -0.05) is 23.3 Å². The maximum absolute atomic E-state index is 12.4. The predicted octanol–water partition coefficient (Wildman–Crippen LogP) is 1.79. The Hall–Kier alpha value is -2.61. The van der Waals surface area contributed by atoms with E-state index in [0.29, 0.717) is 12.0 Å². The zero-order valence-corrected chi connectivity index (χ0v) is 14.0. The molecule has 9 nitrogen and oxygen atoms in total. The van der Waals surface area contributed by atoms with Crippen LogP contribution in [0.3, 0.4) is 0 Å². The van der Waals surface area contributed by atoms with Crippen molar-refractivity contribution in [3.63, 3.8) is 0 Å². The third-order valence-electron chi connectivity index (χ3n) is 3.76. The number of nitrogens with zero attached hydrogens (tertiary/aromatic N) is 3. The molecule has 0 spiro atoms. The van der Waals surface area contributed by atoms with Crippen LogP contribution in [0.2, 0.25) is 0 Å². The Balaban J connectivity index is 2.22. The fraction of sp³-hybridized carbons (Fsp3) is 0.500. The van der Waals surface area contributed by atoms with Gasteiger partial charge in [0, 0.05) is 25.4 Å². The summed E-state index contributed by atoms with van der Waals surface area (Å²) in [5, 5.41) is 6.25. The lowest BCUT2D eigenvalue weighted by atomic mass is 9.98. The van der Waals surface area contributed by atoms with Crippen molar-refractivity contribution in [1.29, 1.82) is 0 Å². The standard InChI is InChI=1S/C16H20N4O5/c1-10(21)19-12-8-14(23-2)24-13(9-18-20-17)15(12)25-16(22)11-6-4-3-5-7-11/h3-7,12-15H,8-9H2,1-2H3,(H,19,21)/t12-,13-,14-,15-/m1/s1. The topological polar surface area (TPSA) is 123 Å². The van der Waals surface area contributed by atoms with Crippen LogP contribution in [0, 0.1) is 0 Å². The minimum atomic E-state index is -0.812. The first-order chi connectivity index (χ1) is 12.0. The number of benzene rings is 1. The Bertz CT molecular complexity index is 633. The van der Waals surface area contributed by atoms with Crippen LogP contribution in [0.1, 0.15) is 23.7 Å². The molecule has 1 amide bonds. The number of carbonyl (C=O) groups excluding carboxylic acids is 2. The van der Waals surface area contributed by atoms with Crippen LogP contribution >= 0.6 is 0 Å². The fourth-order valence-electron chi connectivity index (χ4n) is 2.67. The molecule has 1 N–H and O–H groups in total. The molecule has 1 heterocycles. The summed E-state index contributed by atoms with van der Waals surface area (Å²) in [6.45, 7) is 1.31. The van der Waals surface area contributed by atoms with Crippen LogP contribution in [-0.4, -0.2) is 50.1 Å². The number of ether oxygens (including phenoxy) is 3. The molecule has 0 radical (unpaired) electrons. The Labute approximate surface area is 144 Å². The second-order valence-corrected chi connectivity index (χ2v) is 5.53. The van der Waals surface area contributed by atoms with Crippen molar-refractivity contribution in [3.8, 4) is 0 Å². The van der Waals surface area contributed by atoms with E-state index in [1.54, 1.807) is 30.3 Å². The number of hydrogen-bond donors (Lipinski definition) is 1. The molecule has 0 saturated carbocycles. The molecule has 1 saturated heterocycles. The van der Waals surface area contributed by atoms with Crippen molar-refractivity contribution < 1.29 is 23.8 Å². The second kappa shape index (κ2) is 9.03. The Morgan fingerprint density at radius 1 is 1.40 bits per heavy atom. The first kappa shape index (κ1) is 18.7. The highest BCUT2D eigenvalue weighted by molar-refractivity contribution is 5.89. The van der Waals surface area contributed by atoms with E-state index in [9.17, 15) is 9.59 Å². The van der Waals surface area contributed by atoms with Gasteiger partial charge in [-0.3, -0.25) is 4.79 Å². The summed E-state index contributed by atoms with van der Waals surface area (Å²) in [6.07, 6.45) is -1.86. The van der Waals surface area contributed by atoms with Crippen molar-refractivity contribution in [1.82, 2.24) is 5.32 Å². The number of rotatable bonds is 6. The molecule has 1 aromatic carbocycles. The molecular formula is C16H20N4O5. The van der Waals surface area contributed by atoms with Crippen molar-refractivity contribution in [2.45, 2.75) is 37.9 Å². The summed E-state index contributed by atoms with van der Waals surface area (Å²) < 4.78 is 16.5. The van der Waals surface area contributed by atoms with Gasteiger partial charge < -0.3 is 19.5 Å². The number of azide groups is 1. The average Bonchev–Trinajstić information content (AvgIpc) is 2.61. The van der Waals surface area contributed by atoms with Gasteiger partial charge >= 0.3 is 5.97 Å². The molecule has 0 aromatic heterocycles. The predicted molar refractivity (Wildman–Crippen MR) is 87.6 cm³/mol. The lowest BCUT2D eigenvalue weighted by Gasteiger charge is -2.40. The quantitative estimate of drug-likeness (QED) is 0.363. The summed E-state index contributed by atoms with van der Waals surface area (Å²) in [6, 6.07) is 7.95. The van der Waals surface area contributed by atoms with Crippen LogP contribution < -0.4 is 5.32 Å². The van der Waals surface area contributed by atoms with E-state index in [1.807, 2.05) is 0 Å². The summed E-state index contributed by atoms with van der Waals surface area (Å²) in [5.74, 6) is -0.823. The van der Waals surface area contributed by atoms with E-state index < -0.39 is 30.5 Å². The first-order valence-corrected chi connectivity index (χ1v) is 7.77. The highest BCUT2D eigenvalue weighted by Crippen LogP contribution is 2.25. The van der Waals surface area contributed by atoms with E-state index in [-0.39, 0.29) is 12.5 Å². The molecule has 9 heteroatoms. The Kier molecular flexibility index (Phi) is 6.76. The molecule has 0 aliphatic carbocycles. The van der Waals surface area contributed by atoms with Gasteiger partial charge in [0.2, 0.25) is 5.91 Å². The van der Waals surface area contributed by atoms with Gasteiger partial charge in [-0.2, -0.15) is 0 Å². The van der Waals surface area contributed by atoms with Crippen LogP contribution in [0.25, 0.3) is 10.4 Å². The molecule has 1 fully saturated rings. The van der Waals surface area contributed by atoms with Gasteiger partial charge in [0.15, 0.2) is 6.29 Å². The molecular weight excluding hydrogens is 328 g/mol. The fourth-order valence-corrected chi connectivity index (χ4v) is 2.67. The van der Waals surface area contributed by atoms with Crippen LogP contribution in [0.4, 0.5) is 0 Å². The largest absolute Gasteiger partial charge is 0.454 e. The van der Waals surface area contributed by atoms with E-state index in [1.165, 1.54) is 14.0 Å². The molecule has 2 rings (SSSR count). The van der Waals surface area contributed by atoms with Crippen molar-refractivity contribution in [3.05, 3.63) is 46.3 Å². The minimum Gasteiger partial charge on any atom is -0.454 e. The molecule has 0 bridgehead atoms. The maximum Gasteiger partial charge on any atom is 0.338 e. The second-order valence-electron chi connectivity index (χ2n) is 5.53. The zero-order chi connectivity index (χ0) is 18.2. The molecule has 0 unspecified atom stereocenters.